The van der Waals surface area contributed by atoms with Crippen molar-refractivity contribution in [3.05, 3.63) is 65.7 Å². The summed E-state index contributed by atoms with van der Waals surface area (Å²) >= 11 is 0. The Morgan fingerprint density at radius 1 is 1.10 bits per heavy atom. The van der Waals surface area contributed by atoms with Crippen LogP contribution >= 0.6 is 0 Å². The maximum Gasteiger partial charge on any atom is 0.418 e. The predicted molar refractivity (Wildman–Crippen MR) is 148 cm³/mol. The molecule has 12 heteroatoms. The van der Waals surface area contributed by atoms with Gasteiger partial charge < -0.3 is 10.0 Å². The first kappa shape index (κ1) is 28.8. The molecule has 3 heterocycles. The van der Waals surface area contributed by atoms with Crippen LogP contribution in [0.2, 0.25) is 0 Å². The second-order valence-electron chi connectivity index (χ2n) is 10.7. The molecule has 4 atom stereocenters. The van der Waals surface area contributed by atoms with Gasteiger partial charge in [0.05, 0.1) is 17.2 Å². The number of benzene rings is 1. The summed E-state index contributed by atoms with van der Waals surface area (Å²) in [4.78, 5) is 22.3. The zero-order valence-corrected chi connectivity index (χ0v) is 23.4. The van der Waals surface area contributed by atoms with Crippen molar-refractivity contribution in [2.75, 3.05) is 16.2 Å². The number of alkyl halides is 3. The Hall–Kier alpha value is -3.67. The van der Waals surface area contributed by atoms with E-state index in [1.807, 2.05) is 4.90 Å². The molecular weight excluding hydrogens is 557 g/mol. The second kappa shape index (κ2) is 11.0. The van der Waals surface area contributed by atoms with E-state index >= 15 is 0 Å². The maximum absolute atomic E-state index is 13.8. The number of aromatic nitrogens is 2. The quantitative estimate of drug-likeness (QED) is 0.333. The fourth-order valence-electron chi connectivity index (χ4n) is 6.24. The van der Waals surface area contributed by atoms with Crippen molar-refractivity contribution in [3.8, 4) is 11.3 Å². The van der Waals surface area contributed by atoms with Crippen molar-refractivity contribution in [1.82, 2.24) is 9.97 Å². The molecule has 2 aromatic heterocycles. The van der Waals surface area contributed by atoms with Crippen molar-refractivity contribution in [3.63, 3.8) is 0 Å². The molecule has 41 heavy (non-hydrogen) atoms. The molecule has 1 saturated carbocycles. The fourth-order valence-corrected chi connectivity index (χ4v) is 7.20. The van der Waals surface area contributed by atoms with Crippen molar-refractivity contribution in [2.24, 2.45) is 17.8 Å². The van der Waals surface area contributed by atoms with Crippen molar-refractivity contribution >= 4 is 27.6 Å². The van der Waals surface area contributed by atoms with Gasteiger partial charge in [-0.15, -0.1) is 0 Å². The summed E-state index contributed by atoms with van der Waals surface area (Å²) in [5.41, 5.74) is -0.559. The number of aliphatic carboxylic acids is 1. The SMILES string of the molecule is CCC[C@@H]1CCN(c2cccc(S(=O)(=O)Nc3ccc(C(F)(F)F)c(-c4ccccc4C)n3)n2)[C@H]2C[C@H](C(=O)O)[C@@H]12. The summed E-state index contributed by atoms with van der Waals surface area (Å²) in [6, 6.07) is 12.7. The number of rotatable bonds is 8. The number of nitrogens with one attached hydrogen (secondary N) is 1. The van der Waals surface area contributed by atoms with Gasteiger partial charge >= 0.3 is 12.1 Å². The highest BCUT2D eigenvalue weighted by Gasteiger charge is 2.53. The molecule has 218 valence electrons. The van der Waals surface area contributed by atoms with E-state index in [1.54, 1.807) is 37.3 Å². The summed E-state index contributed by atoms with van der Waals surface area (Å²) in [5.74, 6) is -0.830. The number of aryl methyl sites for hydroxylation is 1. The Balaban J connectivity index is 1.43. The number of halogens is 3. The number of piperidine rings is 1. The molecule has 0 unspecified atom stereocenters. The molecule has 2 aliphatic rings. The third kappa shape index (κ3) is 5.61. The number of hydrogen-bond acceptors (Lipinski definition) is 6. The third-order valence-electron chi connectivity index (χ3n) is 8.18. The van der Waals surface area contributed by atoms with Gasteiger partial charge in [-0.25, -0.2) is 9.97 Å². The van der Waals surface area contributed by atoms with E-state index in [-0.39, 0.29) is 40.0 Å². The van der Waals surface area contributed by atoms with Gasteiger partial charge in [0.2, 0.25) is 0 Å². The fraction of sp³-hybridized carbons (Fsp3) is 0.414. The highest BCUT2D eigenvalue weighted by molar-refractivity contribution is 7.92. The normalized spacial score (nSPS) is 22.5. The first-order chi connectivity index (χ1) is 19.4. The molecule has 2 N–H and O–H groups in total. The maximum atomic E-state index is 13.8. The first-order valence-electron chi connectivity index (χ1n) is 13.5. The van der Waals surface area contributed by atoms with Crippen LogP contribution in [0.15, 0.2) is 59.6 Å². The van der Waals surface area contributed by atoms with Gasteiger partial charge in [0, 0.05) is 18.2 Å². The number of fused-ring (bicyclic) bond motifs is 1. The molecular formula is C29H31F3N4O4S. The van der Waals surface area contributed by atoms with Gasteiger partial charge in [0.25, 0.3) is 10.0 Å². The molecule has 1 saturated heterocycles. The van der Waals surface area contributed by atoms with E-state index in [1.165, 1.54) is 12.1 Å². The lowest BCUT2D eigenvalue weighted by atomic mass is 9.59. The van der Waals surface area contributed by atoms with Crippen molar-refractivity contribution in [2.45, 2.75) is 56.8 Å². The van der Waals surface area contributed by atoms with Crippen LogP contribution in [0.5, 0.6) is 0 Å². The molecule has 1 aliphatic carbocycles. The zero-order chi connectivity index (χ0) is 29.5. The molecule has 0 bridgehead atoms. The smallest absolute Gasteiger partial charge is 0.418 e. The van der Waals surface area contributed by atoms with Gasteiger partial charge in [-0.2, -0.15) is 21.6 Å². The molecule has 5 rings (SSSR count). The molecule has 1 aromatic carbocycles. The minimum atomic E-state index is -4.69. The van der Waals surface area contributed by atoms with Gasteiger partial charge in [0.15, 0.2) is 5.03 Å². The van der Waals surface area contributed by atoms with Gasteiger partial charge in [-0.05, 0) is 61.4 Å². The standard InChI is InChI=1S/C29H31F3N4O4S/c1-3-7-18-14-15-36(22-16-20(26(18)22)28(37)38)24-10-6-11-25(34-24)41(39,40)35-23-13-12-21(29(30,31)32)27(33-23)19-9-5-4-8-17(19)2/h4-6,8-13,18,20,22,26H,3,7,14-16H2,1-2H3,(H,33,35)(H,37,38)/t18-,20+,22+,26-/m1/s1. The zero-order valence-electron chi connectivity index (χ0n) is 22.6. The van der Waals surface area contributed by atoms with E-state index in [0.717, 1.165) is 31.4 Å². The summed E-state index contributed by atoms with van der Waals surface area (Å²) in [6.07, 6.45) is -1.54. The summed E-state index contributed by atoms with van der Waals surface area (Å²) in [7, 11) is -4.31. The minimum absolute atomic E-state index is 0.0300. The van der Waals surface area contributed by atoms with Crippen LogP contribution in [0.25, 0.3) is 11.3 Å². The molecule has 2 fully saturated rings. The predicted octanol–water partition coefficient (Wildman–Crippen LogP) is 5.99. The van der Waals surface area contributed by atoms with Gasteiger partial charge in [0.1, 0.15) is 11.6 Å². The third-order valence-corrected chi connectivity index (χ3v) is 9.44. The van der Waals surface area contributed by atoms with E-state index in [4.69, 9.17) is 0 Å². The minimum Gasteiger partial charge on any atom is -0.481 e. The summed E-state index contributed by atoms with van der Waals surface area (Å²) in [6.45, 7) is 4.36. The van der Waals surface area contributed by atoms with Crippen molar-refractivity contribution in [1.29, 1.82) is 0 Å². The average molecular weight is 589 g/mol. The number of carbonyl (C=O) groups is 1. The number of sulfonamides is 1. The van der Waals surface area contributed by atoms with Crippen LogP contribution < -0.4 is 9.62 Å². The highest BCUT2D eigenvalue weighted by Crippen LogP contribution is 2.50. The van der Waals surface area contributed by atoms with Crippen LogP contribution in [0.3, 0.4) is 0 Å². The number of carboxylic acids is 1. The van der Waals surface area contributed by atoms with E-state index < -0.39 is 33.7 Å². The van der Waals surface area contributed by atoms with Crippen LogP contribution in [0.4, 0.5) is 24.8 Å². The number of nitrogens with zero attached hydrogens (tertiary/aromatic N) is 3. The number of anilines is 2. The van der Waals surface area contributed by atoms with Crippen LogP contribution in [0, 0.1) is 24.7 Å². The molecule has 0 spiro atoms. The van der Waals surface area contributed by atoms with Crippen molar-refractivity contribution < 1.29 is 31.5 Å². The highest BCUT2D eigenvalue weighted by atomic mass is 32.2. The lowest BCUT2D eigenvalue weighted by molar-refractivity contribution is -0.152. The molecule has 8 nitrogen and oxygen atoms in total. The van der Waals surface area contributed by atoms with Gasteiger partial charge in [-0.1, -0.05) is 50.1 Å². The number of carboxylic acid groups (broad SMARTS) is 1. The largest absolute Gasteiger partial charge is 0.481 e. The molecule has 0 radical (unpaired) electrons. The topological polar surface area (TPSA) is 112 Å². The van der Waals surface area contributed by atoms with Crippen LogP contribution in [-0.2, 0) is 21.0 Å². The Morgan fingerprint density at radius 2 is 1.85 bits per heavy atom. The van der Waals surface area contributed by atoms with Crippen LogP contribution in [0.1, 0.15) is 43.7 Å². The van der Waals surface area contributed by atoms with E-state index in [0.29, 0.717) is 24.3 Å². The average Bonchev–Trinajstić information content (AvgIpc) is 2.89. The summed E-state index contributed by atoms with van der Waals surface area (Å²) < 4.78 is 70.4. The Morgan fingerprint density at radius 3 is 2.54 bits per heavy atom. The lowest BCUT2D eigenvalue weighted by Crippen LogP contribution is -2.61. The molecule has 1 aliphatic heterocycles. The van der Waals surface area contributed by atoms with Crippen LogP contribution in [-0.4, -0.2) is 42.0 Å². The number of pyridine rings is 2. The van der Waals surface area contributed by atoms with Gasteiger partial charge in [-0.3, -0.25) is 9.52 Å². The monoisotopic (exact) mass is 588 g/mol. The second-order valence-corrected chi connectivity index (χ2v) is 12.3. The Labute approximate surface area is 236 Å². The molecule has 0 amide bonds. The summed E-state index contributed by atoms with van der Waals surface area (Å²) in [5, 5.41) is 9.38. The van der Waals surface area contributed by atoms with E-state index in [9.17, 15) is 31.5 Å². The lowest BCUT2D eigenvalue weighted by Gasteiger charge is -2.56. The first-order valence-corrected chi connectivity index (χ1v) is 15.0. The molecule has 3 aromatic rings. The Bertz CT molecular complexity index is 1560. The number of hydrogen-bond donors (Lipinski definition) is 2. The Kier molecular flexibility index (Phi) is 7.71. The van der Waals surface area contributed by atoms with E-state index in [2.05, 4.69) is 21.6 Å².